The molecule has 0 aliphatic carbocycles. The van der Waals surface area contributed by atoms with Gasteiger partial charge in [0.15, 0.2) is 8.32 Å². The lowest BCUT2D eigenvalue weighted by Gasteiger charge is -2.24. The minimum absolute atomic E-state index is 0.915. The van der Waals surface area contributed by atoms with Crippen LogP contribution in [0.3, 0.4) is 0 Å². The molecule has 0 unspecified atom stereocenters. The minimum atomic E-state index is -1.32. The average Bonchev–Trinajstić information content (AvgIpc) is 2.44. The lowest BCUT2D eigenvalue weighted by molar-refractivity contribution is 0.540. The van der Waals surface area contributed by atoms with Gasteiger partial charge in [0, 0.05) is 0 Å². The molecule has 0 N–H and O–H groups in total. The standard InChI is InChI=1S/2C8H17.C3H9OSi.Al/c2*1-3-5-7-8-6-4-2;1-5(2,3)4;/h2*1,3-8H2,2H3;1-3H3;/q;;-1;+1. The Bertz CT molecular complexity index is 212. The van der Waals surface area contributed by atoms with Gasteiger partial charge >= 0.3 is 14.5 Å². The lowest BCUT2D eigenvalue weighted by Crippen LogP contribution is -2.34. The quantitative estimate of drug-likeness (QED) is 0.208. The number of hydrogen-bond donors (Lipinski definition) is 0. The summed E-state index contributed by atoms with van der Waals surface area (Å²) in [6.45, 7) is 11.7. The highest BCUT2D eigenvalue weighted by Gasteiger charge is 2.26. The summed E-state index contributed by atoms with van der Waals surface area (Å²) in [7, 11) is -1.32. The molecule has 0 radical (unpaired) electrons. The predicted octanol–water partition coefficient (Wildman–Crippen LogP) is 7.55. The monoisotopic (exact) mass is 342 g/mol. The van der Waals surface area contributed by atoms with Crippen molar-refractivity contribution < 1.29 is 3.48 Å². The van der Waals surface area contributed by atoms with E-state index in [1.54, 1.807) is 0 Å². The van der Waals surface area contributed by atoms with Crippen LogP contribution in [0.1, 0.15) is 90.9 Å². The molecule has 0 saturated carbocycles. The SMILES string of the molecule is CCCCCCC[CH2][Al]([CH2]CCCCCCC)[O][Si](C)(C)C. The molecule has 0 aliphatic rings. The molecule has 0 fully saturated rings. The fourth-order valence-corrected chi connectivity index (χ4v) is 9.79. The Morgan fingerprint density at radius 2 is 0.955 bits per heavy atom. The second kappa shape index (κ2) is 15.2. The second-order valence-electron chi connectivity index (χ2n) is 7.97. The first-order valence-corrected chi connectivity index (χ1v) is 15.7. The molecule has 0 saturated heterocycles. The molecule has 0 amide bonds. The van der Waals surface area contributed by atoms with Crippen LogP contribution in [0.2, 0.25) is 30.2 Å². The minimum Gasteiger partial charge on any atom is -0.545 e. The molecule has 22 heavy (non-hydrogen) atoms. The summed E-state index contributed by atoms with van der Waals surface area (Å²) in [5, 5.41) is 2.87. The summed E-state index contributed by atoms with van der Waals surface area (Å²) < 4.78 is 6.57. The van der Waals surface area contributed by atoms with Gasteiger partial charge in [0.2, 0.25) is 0 Å². The van der Waals surface area contributed by atoms with Gasteiger partial charge in [-0.25, -0.2) is 0 Å². The Labute approximate surface area is 147 Å². The Balaban J connectivity index is 3.80. The molecule has 0 rings (SSSR count). The summed E-state index contributed by atoms with van der Waals surface area (Å²) in [4.78, 5) is 0. The van der Waals surface area contributed by atoms with Crippen LogP contribution in [0.4, 0.5) is 0 Å². The first kappa shape index (κ1) is 22.7. The highest BCUT2D eigenvalue weighted by atomic mass is 28.4. The fraction of sp³-hybridized carbons (Fsp3) is 1.00. The van der Waals surface area contributed by atoms with Gasteiger partial charge in [-0.3, -0.25) is 0 Å². The van der Waals surface area contributed by atoms with Crippen LogP contribution in [-0.4, -0.2) is 22.8 Å². The van der Waals surface area contributed by atoms with Crippen LogP contribution in [0.5, 0.6) is 0 Å². The predicted molar refractivity (Wildman–Crippen MR) is 107 cm³/mol. The first-order chi connectivity index (χ1) is 10.5. The third-order valence-electron chi connectivity index (χ3n) is 4.28. The van der Waals surface area contributed by atoms with E-state index in [1.165, 1.54) is 87.6 Å². The molecular weight excluding hydrogens is 299 g/mol. The molecule has 0 aromatic carbocycles. The third kappa shape index (κ3) is 17.1. The van der Waals surface area contributed by atoms with Crippen molar-refractivity contribution in [3.05, 3.63) is 0 Å². The van der Waals surface area contributed by atoms with Crippen molar-refractivity contribution in [1.29, 1.82) is 0 Å². The summed E-state index contributed by atoms with van der Waals surface area (Å²) in [5.41, 5.74) is 0. The van der Waals surface area contributed by atoms with Gasteiger partial charge in [0.1, 0.15) is 0 Å². The normalized spacial score (nSPS) is 11.9. The van der Waals surface area contributed by atoms with E-state index in [4.69, 9.17) is 3.48 Å². The number of unbranched alkanes of at least 4 members (excludes halogenated alkanes) is 10. The van der Waals surface area contributed by atoms with Gasteiger partial charge in [-0.1, -0.05) is 101 Å². The Hall–Kier alpha value is 0.709. The van der Waals surface area contributed by atoms with Crippen molar-refractivity contribution in [1.82, 2.24) is 0 Å². The topological polar surface area (TPSA) is 9.23 Å². The van der Waals surface area contributed by atoms with E-state index in [-0.39, 0.29) is 0 Å². The number of rotatable bonds is 16. The van der Waals surface area contributed by atoms with Gasteiger partial charge in [-0.2, -0.15) is 0 Å². The Morgan fingerprint density at radius 1 is 0.591 bits per heavy atom. The molecule has 0 atom stereocenters. The molecule has 0 spiro atoms. The van der Waals surface area contributed by atoms with Crippen LogP contribution >= 0.6 is 0 Å². The number of hydrogen-bond acceptors (Lipinski definition) is 1. The molecule has 0 aliphatic heterocycles. The maximum Gasteiger partial charge on any atom is 0.449 e. The second-order valence-corrected chi connectivity index (χ2v) is 15.5. The van der Waals surface area contributed by atoms with E-state index in [0.29, 0.717) is 0 Å². The van der Waals surface area contributed by atoms with Crippen LogP contribution < -0.4 is 0 Å². The van der Waals surface area contributed by atoms with E-state index >= 15 is 0 Å². The maximum atomic E-state index is 6.57. The maximum absolute atomic E-state index is 6.57. The van der Waals surface area contributed by atoms with Crippen LogP contribution in [-0.2, 0) is 3.48 Å². The highest BCUT2D eigenvalue weighted by molar-refractivity contribution is 6.77. The highest BCUT2D eigenvalue weighted by Crippen LogP contribution is 2.19. The molecule has 132 valence electrons. The lowest BCUT2D eigenvalue weighted by atomic mass is 10.1. The zero-order valence-corrected chi connectivity index (χ0v) is 18.5. The van der Waals surface area contributed by atoms with Crippen molar-refractivity contribution in [2.45, 2.75) is 121 Å². The molecular formula is C19H43AlOSi. The molecule has 1 nitrogen and oxygen atoms in total. The first-order valence-electron chi connectivity index (χ1n) is 10.2. The van der Waals surface area contributed by atoms with E-state index in [1.807, 2.05) is 0 Å². The largest absolute Gasteiger partial charge is 0.545 e. The summed E-state index contributed by atoms with van der Waals surface area (Å²) in [6.07, 6.45) is 17.1. The molecule has 0 bridgehead atoms. The van der Waals surface area contributed by atoms with E-state index in [9.17, 15) is 0 Å². The summed E-state index contributed by atoms with van der Waals surface area (Å²) in [6, 6.07) is 0. The van der Waals surface area contributed by atoms with E-state index in [2.05, 4.69) is 33.5 Å². The van der Waals surface area contributed by atoms with Crippen LogP contribution in [0, 0.1) is 0 Å². The third-order valence-corrected chi connectivity index (χ3v) is 10.5. The van der Waals surface area contributed by atoms with Gasteiger partial charge in [0.25, 0.3) is 0 Å². The van der Waals surface area contributed by atoms with Crippen LogP contribution in [0.25, 0.3) is 0 Å². The fourth-order valence-electron chi connectivity index (χ4n) is 3.07. The Kier molecular flexibility index (Phi) is 15.7. The zero-order valence-electron chi connectivity index (χ0n) is 16.4. The average molecular weight is 343 g/mol. The Morgan fingerprint density at radius 3 is 1.32 bits per heavy atom. The molecule has 0 heterocycles. The van der Waals surface area contributed by atoms with Gasteiger partial charge in [-0.05, 0) is 19.6 Å². The van der Waals surface area contributed by atoms with Crippen molar-refractivity contribution in [2.75, 3.05) is 0 Å². The summed E-state index contributed by atoms with van der Waals surface area (Å²) in [5.74, 6) is 0. The van der Waals surface area contributed by atoms with Crippen molar-refractivity contribution in [3.8, 4) is 0 Å². The molecule has 3 heteroatoms. The van der Waals surface area contributed by atoms with E-state index < -0.39 is 22.8 Å². The smallest absolute Gasteiger partial charge is 0.449 e. The van der Waals surface area contributed by atoms with Crippen molar-refractivity contribution >= 4 is 22.8 Å². The van der Waals surface area contributed by atoms with Gasteiger partial charge in [-0.15, -0.1) is 0 Å². The summed E-state index contributed by atoms with van der Waals surface area (Å²) >= 11 is -0.915. The van der Waals surface area contributed by atoms with E-state index in [0.717, 1.165) is 0 Å². The van der Waals surface area contributed by atoms with Gasteiger partial charge in [0.05, 0.1) is 0 Å². The zero-order chi connectivity index (χ0) is 16.7. The van der Waals surface area contributed by atoms with Crippen molar-refractivity contribution in [3.63, 3.8) is 0 Å². The van der Waals surface area contributed by atoms with Gasteiger partial charge < -0.3 is 3.48 Å². The molecule has 0 aromatic rings. The van der Waals surface area contributed by atoms with Crippen LogP contribution in [0.15, 0.2) is 0 Å². The molecule has 0 aromatic heterocycles. The van der Waals surface area contributed by atoms with Crippen molar-refractivity contribution in [2.24, 2.45) is 0 Å².